The first-order valence-electron chi connectivity index (χ1n) is 5.49. The lowest BCUT2D eigenvalue weighted by molar-refractivity contribution is -0.229. The molecule has 0 aromatic heterocycles. The van der Waals surface area contributed by atoms with Crippen LogP contribution in [0.15, 0.2) is 0 Å². The topological polar surface area (TPSA) is 21.3 Å². The van der Waals surface area contributed by atoms with Crippen molar-refractivity contribution in [2.24, 2.45) is 0 Å². The van der Waals surface area contributed by atoms with Crippen LogP contribution in [0.25, 0.3) is 0 Å². The van der Waals surface area contributed by atoms with Crippen molar-refractivity contribution in [3.63, 3.8) is 0 Å². The first-order chi connectivity index (χ1) is 6.97. The lowest BCUT2D eigenvalue weighted by Crippen LogP contribution is -2.66. The van der Waals surface area contributed by atoms with Gasteiger partial charge >= 0.3 is 6.18 Å². The first-order valence-corrected chi connectivity index (χ1v) is 5.49. The van der Waals surface area contributed by atoms with Gasteiger partial charge in [-0.3, -0.25) is 0 Å². The van der Waals surface area contributed by atoms with Gasteiger partial charge < -0.3 is 10.1 Å². The highest BCUT2D eigenvalue weighted by Crippen LogP contribution is 2.52. The standard InChI is InChI=1S/C11H20F3NO/c1-6-15-10(11(12,13)14)7-8(2,3)16-9(10,4)5/h15H,6-7H2,1-5H3. The smallest absolute Gasteiger partial charge is 0.367 e. The second-order valence-corrected chi connectivity index (χ2v) is 5.48. The Morgan fingerprint density at radius 2 is 1.69 bits per heavy atom. The molecule has 1 saturated heterocycles. The molecule has 1 fully saturated rings. The molecule has 0 aromatic carbocycles. The summed E-state index contributed by atoms with van der Waals surface area (Å²) in [4.78, 5) is 0. The van der Waals surface area contributed by atoms with E-state index >= 15 is 0 Å². The molecule has 1 rings (SSSR count). The van der Waals surface area contributed by atoms with Gasteiger partial charge in [-0.05, 0) is 34.2 Å². The van der Waals surface area contributed by atoms with Crippen LogP contribution >= 0.6 is 0 Å². The number of halogens is 3. The van der Waals surface area contributed by atoms with Crippen molar-refractivity contribution in [3.05, 3.63) is 0 Å². The van der Waals surface area contributed by atoms with Gasteiger partial charge in [-0.25, -0.2) is 0 Å². The average molecular weight is 239 g/mol. The van der Waals surface area contributed by atoms with Gasteiger partial charge in [-0.1, -0.05) is 6.92 Å². The van der Waals surface area contributed by atoms with Crippen LogP contribution in [-0.2, 0) is 4.74 Å². The van der Waals surface area contributed by atoms with E-state index in [0.29, 0.717) is 0 Å². The Labute approximate surface area is 94.5 Å². The van der Waals surface area contributed by atoms with E-state index in [1.54, 1.807) is 20.8 Å². The summed E-state index contributed by atoms with van der Waals surface area (Å²) in [6.45, 7) is 8.33. The monoisotopic (exact) mass is 239 g/mol. The minimum absolute atomic E-state index is 0.0651. The Morgan fingerprint density at radius 1 is 1.19 bits per heavy atom. The summed E-state index contributed by atoms with van der Waals surface area (Å²) in [7, 11) is 0. The van der Waals surface area contributed by atoms with E-state index in [9.17, 15) is 13.2 Å². The Balaban J connectivity index is 3.21. The number of likely N-dealkylation sites (N-methyl/N-ethyl adjacent to an activating group) is 1. The Kier molecular flexibility index (Phi) is 3.10. The summed E-state index contributed by atoms with van der Waals surface area (Å²) < 4.78 is 45.4. The number of hydrogen-bond acceptors (Lipinski definition) is 2. The van der Waals surface area contributed by atoms with E-state index in [1.807, 2.05) is 0 Å². The minimum Gasteiger partial charge on any atom is -0.367 e. The predicted molar refractivity (Wildman–Crippen MR) is 56.3 cm³/mol. The van der Waals surface area contributed by atoms with Crippen LogP contribution < -0.4 is 5.32 Å². The highest BCUT2D eigenvalue weighted by Gasteiger charge is 2.69. The van der Waals surface area contributed by atoms with Crippen LogP contribution in [0.5, 0.6) is 0 Å². The molecule has 1 unspecified atom stereocenters. The molecule has 0 aliphatic carbocycles. The summed E-state index contributed by atoms with van der Waals surface area (Å²) in [6, 6.07) is 0. The normalized spacial score (nSPS) is 33.0. The number of nitrogens with one attached hydrogen (secondary N) is 1. The predicted octanol–water partition coefficient (Wildman–Crippen LogP) is 2.87. The third-order valence-corrected chi connectivity index (χ3v) is 3.21. The Bertz CT molecular complexity index is 273. The zero-order valence-electron chi connectivity index (χ0n) is 10.5. The van der Waals surface area contributed by atoms with E-state index in [2.05, 4.69) is 5.32 Å². The van der Waals surface area contributed by atoms with Crippen LogP contribution in [0, 0.1) is 0 Å². The lowest BCUT2D eigenvalue weighted by Gasteiger charge is -2.41. The molecule has 1 aliphatic rings. The van der Waals surface area contributed by atoms with E-state index in [1.165, 1.54) is 13.8 Å². The molecule has 1 aliphatic heterocycles. The van der Waals surface area contributed by atoms with Gasteiger partial charge in [-0.15, -0.1) is 0 Å². The third-order valence-electron chi connectivity index (χ3n) is 3.21. The third kappa shape index (κ3) is 1.95. The largest absolute Gasteiger partial charge is 0.409 e. The maximum atomic E-state index is 13.3. The van der Waals surface area contributed by atoms with Crippen LogP contribution in [-0.4, -0.2) is 29.5 Å². The van der Waals surface area contributed by atoms with E-state index in [-0.39, 0.29) is 13.0 Å². The van der Waals surface area contributed by atoms with E-state index < -0.39 is 22.9 Å². The van der Waals surface area contributed by atoms with Crippen LogP contribution in [0.3, 0.4) is 0 Å². The second-order valence-electron chi connectivity index (χ2n) is 5.48. The molecule has 0 saturated carbocycles. The highest BCUT2D eigenvalue weighted by molar-refractivity contribution is 5.15. The van der Waals surface area contributed by atoms with Gasteiger partial charge in [0.15, 0.2) is 0 Å². The summed E-state index contributed by atoms with van der Waals surface area (Å²) >= 11 is 0. The van der Waals surface area contributed by atoms with Gasteiger partial charge in [0.1, 0.15) is 5.54 Å². The summed E-state index contributed by atoms with van der Waals surface area (Å²) in [5, 5.41) is 2.59. The minimum atomic E-state index is -4.32. The molecule has 0 bridgehead atoms. The fourth-order valence-electron chi connectivity index (χ4n) is 2.78. The average Bonchev–Trinajstić information content (AvgIpc) is 2.15. The second kappa shape index (κ2) is 3.60. The zero-order chi connectivity index (χ0) is 12.8. The molecule has 0 radical (unpaired) electrons. The molecule has 2 nitrogen and oxygen atoms in total. The fourth-order valence-corrected chi connectivity index (χ4v) is 2.78. The van der Waals surface area contributed by atoms with Crippen molar-refractivity contribution in [3.8, 4) is 0 Å². The number of alkyl halides is 3. The molecule has 0 spiro atoms. The molecule has 16 heavy (non-hydrogen) atoms. The van der Waals surface area contributed by atoms with Gasteiger partial charge in [-0.2, -0.15) is 13.2 Å². The number of rotatable bonds is 2. The van der Waals surface area contributed by atoms with Gasteiger partial charge in [0.05, 0.1) is 11.2 Å². The summed E-state index contributed by atoms with van der Waals surface area (Å²) in [5.41, 5.74) is -3.98. The number of ether oxygens (including phenoxy) is 1. The van der Waals surface area contributed by atoms with Crippen molar-refractivity contribution >= 4 is 0 Å². The SMILES string of the molecule is CCNC1(C(F)(F)F)CC(C)(C)OC1(C)C. The van der Waals surface area contributed by atoms with Crippen LogP contribution in [0.2, 0.25) is 0 Å². The van der Waals surface area contributed by atoms with Crippen LogP contribution in [0.1, 0.15) is 41.0 Å². The first kappa shape index (κ1) is 13.8. The quantitative estimate of drug-likeness (QED) is 0.800. The fraction of sp³-hybridized carbons (Fsp3) is 1.00. The molecule has 1 atom stereocenters. The summed E-state index contributed by atoms with van der Waals surface area (Å²) in [6.07, 6.45) is -4.38. The number of hydrogen-bond donors (Lipinski definition) is 1. The molecule has 1 heterocycles. The molecule has 0 amide bonds. The zero-order valence-corrected chi connectivity index (χ0v) is 10.5. The Morgan fingerprint density at radius 3 is 1.94 bits per heavy atom. The van der Waals surface area contributed by atoms with Gasteiger partial charge in [0, 0.05) is 6.42 Å². The molecule has 96 valence electrons. The van der Waals surface area contributed by atoms with Crippen molar-refractivity contribution in [1.82, 2.24) is 5.32 Å². The molecule has 5 heteroatoms. The highest BCUT2D eigenvalue weighted by atomic mass is 19.4. The van der Waals surface area contributed by atoms with Gasteiger partial charge in [0.25, 0.3) is 0 Å². The maximum absolute atomic E-state index is 13.3. The van der Waals surface area contributed by atoms with E-state index in [4.69, 9.17) is 4.74 Å². The van der Waals surface area contributed by atoms with Crippen molar-refractivity contribution in [2.75, 3.05) is 6.54 Å². The molecule has 0 aromatic rings. The Hall–Kier alpha value is -0.290. The van der Waals surface area contributed by atoms with Crippen molar-refractivity contribution in [2.45, 2.75) is 64.0 Å². The molecule has 1 N–H and O–H groups in total. The molecular formula is C11H20F3NO. The van der Waals surface area contributed by atoms with E-state index in [0.717, 1.165) is 0 Å². The summed E-state index contributed by atoms with van der Waals surface area (Å²) in [5.74, 6) is 0. The van der Waals surface area contributed by atoms with Crippen molar-refractivity contribution in [1.29, 1.82) is 0 Å². The lowest BCUT2D eigenvalue weighted by atomic mass is 9.78. The van der Waals surface area contributed by atoms with Crippen molar-refractivity contribution < 1.29 is 17.9 Å². The maximum Gasteiger partial charge on any atom is 0.409 e. The molecular weight excluding hydrogens is 219 g/mol. The van der Waals surface area contributed by atoms with Gasteiger partial charge in [0.2, 0.25) is 0 Å². The van der Waals surface area contributed by atoms with Crippen LogP contribution in [0.4, 0.5) is 13.2 Å².